The zero-order chi connectivity index (χ0) is 37.0. The van der Waals surface area contributed by atoms with Gasteiger partial charge in [-0.15, -0.1) is 11.3 Å². The van der Waals surface area contributed by atoms with Crippen LogP contribution in [-0.4, -0.2) is 15.0 Å². The van der Waals surface area contributed by atoms with E-state index in [9.17, 15) is 0 Å². The summed E-state index contributed by atoms with van der Waals surface area (Å²) in [5, 5.41) is 4.83. The lowest BCUT2D eigenvalue weighted by molar-refractivity contribution is 0.670. The van der Waals surface area contributed by atoms with E-state index >= 15 is 0 Å². The van der Waals surface area contributed by atoms with Crippen LogP contribution in [0.15, 0.2) is 193 Å². The number of benzene rings is 7. The molecule has 4 heterocycles. The molecule has 56 heavy (non-hydrogen) atoms. The van der Waals surface area contributed by atoms with Crippen LogP contribution in [-0.2, 0) is 0 Å². The van der Waals surface area contributed by atoms with Crippen molar-refractivity contribution in [1.82, 2.24) is 15.0 Å². The second-order valence-corrected chi connectivity index (χ2v) is 15.0. The van der Waals surface area contributed by atoms with Crippen LogP contribution in [0.1, 0.15) is 0 Å². The second kappa shape index (κ2) is 13.3. The van der Waals surface area contributed by atoms with Crippen molar-refractivity contribution in [2.24, 2.45) is 0 Å². The Morgan fingerprint density at radius 2 is 1.07 bits per heavy atom. The SMILES string of the molecule is c1ccc(-c2nc(-c3ccc(-c4ccc(-c5cccc6c5sc5ccccc56)c5c4oc4ccccc45)cc3)cc(-c3cccc(-c4ccccn4)c3)n2)cc1. The Balaban J connectivity index is 1.03. The van der Waals surface area contributed by atoms with Crippen LogP contribution in [0, 0.1) is 0 Å². The quantitative estimate of drug-likeness (QED) is 0.171. The van der Waals surface area contributed by atoms with Crippen LogP contribution in [0.5, 0.6) is 0 Å². The van der Waals surface area contributed by atoms with E-state index in [2.05, 4.69) is 145 Å². The Morgan fingerprint density at radius 1 is 0.411 bits per heavy atom. The van der Waals surface area contributed by atoms with Gasteiger partial charge in [0.1, 0.15) is 11.2 Å². The molecule has 0 aliphatic heterocycles. The minimum atomic E-state index is 0.679. The van der Waals surface area contributed by atoms with Crippen molar-refractivity contribution in [3.63, 3.8) is 0 Å². The third kappa shape index (κ3) is 5.48. The summed E-state index contributed by atoms with van der Waals surface area (Å²) in [6, 6.07) is 63.5. The number of fused-ring (bicyclic) bond motifs is 6. The number of hydrogen-bond donors (Lipinski definition) is 0. The maximum absolute atomic E-state index is 6.74. The zero-order valence-corrected chi connectivity index (χ0v) is 30.9. The predicted octanol–water partition coefficient (Wildman–Crippen LogP) is 14.1. The Labute approximate surface area is 327 Å². The normalized spacial score (nSPS) is 11.6. The van der Waals surface area contributed by atoms with Crippen molar-refractivity contribution in [2.45, 2.75) is 0 Å². The molecule has 11 aromatic rings. The van der Waals surface area contributed by atoms with E-state index in [1.807, 2.05) is 60.0 Å². The largest absolute Gasteiger partial charge is 0.455 e. The van der Waals surface area contributed by atoms with Crippen molar-refractivity contribution < 1.29 is 4.42 Å². The average Bonchev–Trinajstić information content (AvgIpc) is 3.86. The third-order valence-corrected chi connectivity index (χ3v) is 11.8. The Morgan fingerprint density at radius 3 is 1.91 bits per heavy atom. The van der Waals surface area contributed by atoms with Gasteiger partial charge in [-0.2, -0.15) is 0 Å². The molecule has 262 valence electrons. The minimum Gasteiger partial charge on any atom is -0.455 e. The van der Waals surface area contributed by atoms with Gasteiger partial charge in [0.15, 0.2) is 5.82 Å². The van der Waals surface area contributed by atoms with Crippen molar-refractivity contribution in [3.8, 4) is 67.4 Å². The maximum Gasteiger partial charge on any atom is 0.160 e. The number of thiophene rings is 1. The molecule has 5 heteroatoms. The Bertz CT molecular complexity index is 3240. The highest BCUT2D eigenvalue weighted by molar-refractivity contribution is 7.26. The summed E-state index contributed by atoms with van der Waals surface area (Å²) in [5.74, 6) is 0.679. The van der Waals surface area contributed by atoms with Gasteiger partial charge in [-0.05, 0) is 53.6 Å². The molecule has 0 radical (unpaired) electrons. The molecule has 11 rings (SSSR count). The topological polar surface area (TPSA) is 51.8 Å². The van der Waals surface area contributed by atoms with E-state index in [0.717, 1.165) is 72.4 Å². The van der Waals surface area contributed by atoms with Crippen molar-refractivity contribution in [3.05, 3.63) is 188 Å². The molecule has 7 aromatic carbocycles. The van der Waals surface area contributed by atoms with E-state index in [1.54, 1.807) is 0 Å². The van der Waals surface area contributed by atoms with Gasteiger partial charge in [0, 0.05) is 70.5 Å². The molecule has 0 spiro atoms. The van der Waals surface area contributed by atoms with Gasteiger partial charge in [-0.3, -0.25) is 4.98 Å². The molecule has 0 N–H and O–H groups in total. The number of hydrogen-bond acceptors (Lipinski definition) is 5. The predicted molar refractivity (Wildman–Crippen MR) is 233 cm³/mol. The number of nitrogens with zero attached hydrogens (tertiary/aromatic N) is 3. The van der Waals surface area contributed by atoms with Gasteiger partial charge in [-0.1, -0.05) is 140 Å². The highest BCUT2D eigenvalue weighted by Crippen LogP contribution is 2.46. The minimum absolute atomic E-state index is 0.679. The van der Waals surface area contributed by atoms with Crippen LogP contribution < -0.4 is 0 Å². The van der Waals surface area contributed by atoms with Crippen LogP contribution in [0.25, 0.3) is 110 Å². The van der Waals surface area contributed by atoms with Gasteiger partial charge < -0.3 is 4.42 Å². The lowest BCUT2D eigenvalue weighted by Gasteiger charge is -2.12. The first-order valence-corrected chi connectivity index (χ1v) is 19.5. The van der Waals surface area contributed by atoms with Crippen molar-refractivity contribution >= 4 is 53.4 Å². The van der Waals surface area contributed by atoms with E-state index in [0.29, 0.717) is 5.82 Å². The molecule has 0 bridgehead atoms. The van der Waals surface area contributed by atoms with Crippen molar-refractivity contribution in [1.29, 1.82) is 0 Å². The Kier molecular flexibility index (Phi) is 7.64. The number of aromatic nitrogens is 3. The molecule has 4 aromatic heterocycles. The fourth-order valence-electron chi connectivity index (χ4n) is 7.89. The number of rotatable bonds is 6. The van der Waals surface area contributed by atoms with Gasteiger partial charge in [0.2, 0.25) is 0 Å². The third-order valence-electron chi connectivity index (χ3n) is 10.6. The summed E-state index contributed by atoms with van der Waals surface area (Å²) < 4.78 is 9.32. The van der Waals surface area contributed by atoms with Crippen LogP contribution >= 0.6 is 11.3 Å². The molecular formula is C51H31N3OS. The molecule has 0 saturated heterocycles. The molecular weight excluding hydrogens is 703 g/mol. The van der Waals surface area contributed by atoms with E-state index in [4.69, 9.17) is 14.4 Å². The van der Waals surface area contributed by atoms with E-state index in [-0.39, 0.29) is 0 Å². The lowest BCUT2D eigenvalue weighted by atomic mass is 9.93. The molecule has 0 atom stereocenters. The molecule has 0 aliphatic rings. The van der Waals surface area contributed by atoms with Gasteiger partial charge in [0.05, 0.1) is 17.1 Å². The second-order valence-electron chi connectivity index (χ2n) is 13.9. The standard InChI is InChI=1S/C51H31N3OS/c1-2-12-34(13-3-1)51-53-44(31-45(54-51)36-15-10-14-35(30-36)43-20-8-9-29-52-43)33-25-23-32(24-26-33)37-27-28-39(48-42-17-4-6-21-46(42)55-49(37)48)41-19-11-18-40-38-16-5-7-22-47(38)56-50(40)41/h1-31H. The van der Waals surface area contributed by atoms with Gasteiger partial charge >= 0.3 is 0 Å². The summed E-state index contributed by atoms with van der Waals surface area (Å²) >= 11 is 1.85. The first kappa shape index (κ1) is 32.2. The highest BCUT2D eigenvalue weighted by Gasteiger charge is 2.20. The zero-order valence-electron chi connectivity index (χ0n) is 30.1. The monoisotopic (exact) mass is 733 g/mol. The van der Waals surface area contributed by atoms with Gasteiger partial charge in [-0.25, -0.2) is 9.97 Å². The molecule has 0 saturated carbocycles. The van der Waals surface area contributed by atoms with E-state index < -0.39 is 0 Å². The molecule has 4 nitrogen and oxygen atoms in total. The maximum atomic E-state index is 6.74. The summed E-state index contributed by atoms with van der Waals surface area (Å²) in [6.45, 7) is 0. The van der Waals surface area contributed by atoms with Gasteiger partial charge in [0.25, 0.3) is 0 Å². The molecule has 0 unspecified atom stereocenters. The first-order valence-electron chi connectivity index (χ1n) is 18.7. The summed E-state index contributed by atoms with van der Waals surface area (Å²) in [6.07, 6.45) is 1.82. The smallest absolute Gasteiger partial charge is 0.160 e. The fraction of sp³-hybridized carbons (Fsp3) is 0. The summed E-state index contributed by atoms with van der Waals surface area (Å²) in [5.41, 5.74) is 12.9. The first-order chi connectivity index (χ1) is 27.7. The average molecular weight is 734 g/mol. The summed E-state index contributed by atoms with van der Waals surface area (Å²) in [7, 11) is 0. The van der Waals surface area contributed by atoms with Crippen LogP contribution in [0.2, 0.25) is 0 Å². The molecule has 0 amide bonds. The Hall–Kier alpha value is -7.21. The highest BCUT2D eigenvalue weighted by atomic mass is 32.1. The number of furan rings is 1. The molecule has 0 fully saturated rings. The van der Waals surface area contributed by atoms with Crippen LogP contribution in [0.4, 0.5) is 0 Å². The fourth-order valence-corrected chi connectivity index (χ4v) is 9.12. The molecule has 0 aliphatic carbocycles. The number of para-hydroxylation sites is 1. The lowest BCUT2D eigenvalue weighted by Crippen LogP contribution is -1.96. The summed E-state index contributed by atoms with van der Waals surface area (Å²) in [4.78, 5) is 14.8. The number of pyridine rings is 1. The van der Waals surface area contributed by atoms with Crippen LogP contribution in [0.3, 0.4) is 0 Å². The van der Waals surface area contributed by atoms with E-state index in [1.165, 1.54) is 31.3 Å². The van der Waals surface area contributed by atoms with Crippen molar-refractivity contribution in [2.75, 3.05) is 0 Å².